The minimum atomic E-state index is -1.04. The van der Waals surface area contributed by atoms with Crippen LogP contribution in [0.25, 0.3) is 0 Å². The summed E-state index contributed by atoms with van der Waals surface area (Å²) >= 11 is 0.0766. The fourth-order valence-electron chi connectivity index (χ4n) is 5.24. The zero-order valence-electron chi connectivity index (χ0n) is 15.6. The molecular formula is C21H26O4Se. The summed E-state index contributed by atoms with van der Waals surface area (Å²) in [6.07, 6.45) is 2.31. The van der Waals surface area contributed by atoms with Crippen LogP contribution in [0.15, 0.2) is 30.3 Å². The zero-order valence-corrected chi connectivity index (χ0v) is 17.3. The van der Waals surface area contributed by atoms with Crippen molar-refractivity contribution in [3.63, 3.8) is 0 Å². The molecule has 1 N–H and O–H groups in total. The van der Waals surface area contributed by atoms with Gasteiger partial charge < -0.3 is 0 Å². The second kappa shape index (κ2) is 6.61. The second-order valence-corrected chi connectivity index (χ2v) is 11.0. The first-order valence-electron chi connectivity index (χ1n) is 9.15. The molecule has 26 heavy (non-hydrogen) atoms. The van der Waals surface area contributed by atoms with Crippen molar-refractivity contribution in [2.24, 2.45) is 16.2 Å². The summed E-state index contributed by atoms with van der Waals surface area (Å²) in [5, 5.41) is 9.49. The Balaban J connectivity index is 2.10. The Morgan fingerprint density at radius 3 is 2.42 bits per heavy atom. The molecular weight excluding hydrogens is 395 g/mol. The number of rotatable bonds is 5. The molecule has 0 unspecified atom stereocenters. The second-order valence-electron chi connectivity index (χ2n) is 8.34. The van der Waals surface area contributed by atoms with Crippen molar-refractivity contribution in [1.82, 2.24) is 0 Å². The van der Waals surface area contributed by atoms with Crippen molar-refractivity contribution in [3.05, 3.63) is 30.3 Å². The number of hydrogen-bond acceptors (Lipinski definition) is 3. The van der Waals surface area contributed by atoms with Crippen LogP contribution >= 0.6 is 0 Å². The van der Waals surface area contributed by atoms with Gasteiger partial charge in [0.05, 0.1) is 0 Å². The Morgan fingerprint density at radius 2 is 1.85 bits per heavy atom. The van der Waals surface area contributed by atoms with E-state index in [4.69, 9.17) is 0 Å². The molecule has 2 fully saturated rings. The average molecular weight is 421 g/mol. The van der Waals surface area contributed by atoms with Crippen LogP contribution in [0.3, 0.4) is 0 Å². The van der Waals surface area contributed by atoms with Gasteiger partial charge in [-0.05, 0) is 0 Å². The van der Waals surface area contributed by atoms with Crippen molar-refractivity contribution in [2.45, 2.75) is 57.7 Å². The first-order valence-corrected chi connectivity index (χ1v) is 11.0. The van der Waals surface area contributed by atoms with Crippen molar-refractivity contribution in [3.8, 4) is 0 Å². The molecule has 3 atom stereocenters. The van der Waals surface area contributed by atoms with E-state index in [2.05, 4.69) is 26.0 Å². The number of carbonyl (C=O) groups excluding carboxylic acids is 2. The number of benzene rings is 1. The third-order valence-corrected chi connectivity index (χ3v) is 9.99. The van der Waals surface area contributed by atoms with Gasteiger partial charge in [-0.1, -0.05) is 0 Å². The van der Waals surface area contributed by atoms with Crippen LogP contribution in [-0.4, -0.2) is 37.6 Å². The van der Waals surface area contributed by atoms with Gasteiger partial charge in [-0.15, -0.1) is 0 Å². The van der Waals surface area contributed by atoms with Crippen LogP contribution in [-0.2, 0) is 14.4 Å². The maximum absolute atomic E-state index is 13.6. The van der Waals surface area contributed by atoms with E-state index in [1.165, 1.54) is 11.4 Å². The summed E-state index contributed by atoms with van der Waals surface area (Å²) in [4.78, 5) is 38.1. The summed E-state index contributed by atoms with van der Waals surface area (Å²) in [5.74, 6) is -1.13. The number of carbonyl (C=O) groups is 3. The third-order valence-electron chi connectivity index (χ3n) is 6.67. The van der Waals surface area contributed by atoms with E-state index in [-0.39, 0.29) is 37.8 Å². The standard InChI is InChI=1S/C21H26O4Se/c1-14(22)21-11-7-10-20(18(21)25,13-17(23)24)12-16(19(21,2)3)26-15-8-5-4-6-9-15/h4-6,8-9,16H,7,10-13H2,1-3H3,(H,23,24)/t16-,20-,21+/m1/s1. The summed E-state index contributed by atoms with van der Waals surface area (Å²) < 4.78 is 1.23. The Morgan fingerprint density at radius 1 is 1.19 bits per heavy atom. The van der Waals surface area contributed by atoms with Crippen LogP contribution in [0.1, 0.15) is 52.9 Å². The van der Waals surface area contributed by atoms with Gasteiger partial charge >= 0.3 is 161 Å². The minimum absolute atomic E-state index is 0.0766. The van der Waals surface area contributed by atoms with E-state index < -0.39 is 22.2 Å². The van der Waals surface area contributed by atoms with Gasteiger partial charge in [-0.3, -0.25) is 0 Å². The first kappa shape index (κ1) is 19.3. The molecule has 0 radical (unpaired) electrons. The predicted molar refractivity (Wildman–Crippen MR) is 101 cm³/mol. The number of ketones is 2. The number of carboxylic acid groups (broad SMARTS) is 1. The molecule has 1 aromatic rings. The molecule has 2 saturated carbocycles. The van der Waals surface area contributed by atoms with Crippen LogP contribution in [0.2, 0.25) is 4.82 Å². The molecule has 2 bridgehead atoms. The van der Waals surface area contributed by atoms with Crippen LogP contribution in [0.4, 0.5) is 0 Å². The number of aliphatic carboxylic acids is 1. The van der Waals surface area contributed by atoms with Gasteiger partial charge in [0.2, 0.25) is 0 Å². The van der Waals surface area contributed by atoms with Crippen LogP contribution in [0.5, 0.6) is 0 Å². The van der Waals surface area contributed by atoms with E-state index in [0.29, 0.717) is 19.3 Å². The number of Topliss-reactive ketones (excluding diaryl/α,β-unsaturated/α-hetero) is 2. The molecule has 0 amide bonds. The fourth-order valence-corrected chi connectivity index (χ4v) is 8.47. The molecule has 2 aliphatic rings. The van der Waals surface area contributed by atoms with Gasteiger partial charge in [-0.25, -0.2) is 0 Å². The first-order chi connectivity index (χ1) is 12.2. The summed E-state index contributed by atoms with van der Waals surface area (Å²) in [6, 6.07) is 10.2. The Hall–Kier alpha value is -1.45. The predicted octanol–water partition coefficient (Wildman–Crippen LogP) is 3.02. The SMILES string of the molecule is CC(=O)[C@]12CCC[C@](CC(=O)O)(C[C@@H]([Se]c3ccccc3)C1(C)C)C2=O. The quantitative estimate of drug-likeness (QED) is 0.586. The van der Waals surface area contributed by atoms with E-state index in [0.717, 1.165) is 6.42 Å². The average Bonchev–Trinajstić information content (AvgIpc) is 2.55. The van der Waals surface area contributed by atoms with E-state index in [1.54, 1.807) is 0 Å². The maximum atomic E-state index is 13.6. The fraction of sp³-hybridized carbons (Fsp3) is 0.571. The van der Waals surface area contributed by atoms with E-state index in [9.17, 15) is 19.5 Å². The number of fused-ring (bicyclic) bond motifs is 2. The van der Waals surface area contributed by atoms with Crippen LogP contribution < -0.4 is 4.46 Å². The van der Waals surface area contributed by atoms with Gasteiger partial charge in [0.1, 0.15) is 0 Å². The molecule has 1 aromatic carbocycles. The molecule has 0 saturated heterocycles. The van der Waals surface area contributed by atoms with Crippen molar-refractivity contribution < 1.29 is 19.5 Å². The zero-order chi connectivity index (χ0) is 19.2. The molecule has 0 spiro atoms. The molecule has 2 aliphatic carbocycles. The van der Waals surface area contributed by atoms with E-state index >= 15 is 0 Å². The van der Waals surface area contributed by atoms with Crippen molar-refractivity contribution in [1.29, 1.82) is 0 Å². The van der Waals surface area contributed by atoms with Gasteiger partial charge in [0.25, 0.3) is 0 Å². The number of hydrogen-bond donors (Lipinski definition) is 1. The summed E-state index contributed by atoms with van der Waals surface area (Å²) in [6.45, 7) is 5.63. The Labute approximate surface area is 160 Å². The molecule has 5 heteroatoms. The Kier molecular flexibility index (Phi) is 4.91. The molecule has 140 valence electrons. The third kappa shape index (κ3) is 2.76. The molecule has 0 aromatic heterocycles. The van der Waals surface area contributed by atoms with Gasteiger partial charge in [0, 0.05) is 0 Å². The molecule has 0 heterocycles. The summed E-state index contributed by atoms with van der Waals surface area (Å²) in [5.41, 5.74) is -2.39. The van der Waals surface area contributed by atoms with Crippen molar-refractivity contribution in [2.75, 3.05) is 0 Å². The molecule has 0 aliphatic heterocycles. The molecule has 3 rings (SSSR count). The van der Waals surface area contributed by atoms with Gasteiger partial charge in [0.15, 0.2) is 0 Å². The Bertz CT molecular complexity index is 742. The van der Waals surface area contributed by atoms with Gasteiger partial charge in [-0.2, -0.15) is 0 Å². The van der Waals surface area contributed by atoms with Crippen molar-refractivity contribution >= 4 is 37.0 Å². The van der Waals surface area contributed by atoms with Crippen LogP contribution in [0, 0.1) is 16.2 Å². The monoisotopic (exact) mass is 422 g/mol. The molecule has 4 nitrogen and oxygen atoms in total. The topological polar surface area (TPSA) is 71.4 Å². The normalized spacial score (nSPS) is 32.9. The van der Waals surface area contributed by atoms with E-state index in [1.807, 2.05) is 18.2 Å². The number of carboxylic acids is 1. The summed E-state index contributed by atoms with van der Waals surface area (Å²) in [7, 11) is 0.